The topological polar surface area (TPSA) is 12.5 Å². The highest BCUT2D eigenvalue weighted by atomic mass is 19.4. The van der Waals surface area contributed by atoms with Gasteiger partial charge in [-0.15, -0.1) is 0 Å². The molecule has 1 atom stereocenters. The number of rotatable bonds is 6. The lowest BCUT2D eigenvalue weighted by Crippen LogP contribution is -2.25. The first-order chi connectivity index (χ1) is 10.9. The number of hydrogen-bond acceptors (Lipinski definition) is 2. The van der Waals surface area contributed by atoms with Crippen molar-refractivity contribution < 1.29 is 17.9 Å². The lowest BCUT2D eigenvalue weighted by atomic mass is 10.0. The molecule has 1 unspecified atom stereocenters. The van der Waals surface area contributed by atoms with Gasteiger partial charge in [-0.25, -0.2) is 0 Å². The highest BCUT2D eigenvalue weighted by Gasteiger charge is 2.31. The number of halogens is 3. The van der Waals surface area contributed by atoms with E-state index >= 15 is 0 Å². The number of nitrogens with zero attached hydrogens (tertiary/aromatic N) is 1. The van der Waals surface area contributed by atoms with Crippen molar-refractivity contribution in [3.63, 3.8) is 0 Å². The summed E-state index contributed by atoms with van der Waals surface area (Å²) >= 11 is 0. The third-order valence-electron chi connectivity index (χ3n) is 3.64. The summed E-state index contributed by atoms with van der Waals surface area (Å²) in [5, 5.41) is 0. The van der Waals surface area contributed by atoms with Crippen molar-refractivity contribution in [1.82, 2.24) is 4.90 Å². The van der Waals surface area contributed by atoms with Gasteiger partial charge in [0.1, 0.15) is 0 Å². The summed E-state index contributed by atoms with van der Waals surface area (Å²) in [7, 11) is 3.44. The molecule has 0 heterocycles. The van der Waals surface area contributed by atoms with Crippen LogP contribution >= 0.6 is 0 Å². The van der Waals surface area contributed by atoms with Gasteiger partial charge in [0, 0.05) is 20.2 Å². The van der Waals surface area contributed by atoms with Crippen LogP contribution in [-0.2, 0) is 17.5 Å². The minimum absolute atomic E-state index is 0.411. The first kappa shape index (κ1) is 17.5. The predicted octanol–water partition coefficient (Wildman–Crippen LogP) is 4.52. The maximum atomic E-state index is 12.8. The average Bonchev–Trinajstić information content (AvgIpc) is 2.53. The highest BCUT2D eigenvalue weighted by Crippen LogP contribution is 2.31. The van der Waals surface area contributed by atoms with E-state index < -0.39 is 17.8 Å². The van der Waals surface area contributed by atoms with E-state index in [2.05, 4.69) is 0 Å². The van der Waals surface area contributed by atoms with E-state index in [-0.39, 0.29) is 0 Å². The quantitative estimate of drug-likeness (QED) is 0.775. The molecule has 0 saturated carbocycles. The van der Waals surface area contributed by atoms with Gasteiger partial charge in [0.2, 0.25) is 0 Å². The maximum absolute atomic E-state index is 12.8. The molecule has 124 valence electrons. The third-order valence-corrected chi connectivity index (χ3v) is 3.64. The molecule has 5 heteroatoms. The lowest BCUT2D eigenvalue weighted by molar-refractivity contribution is -0.137. The van der Waals surface area contributed by atoms with E-state index in [0.717, 1.165) is 17.7 Å². The van der Waals surface area contributed by atoms with Crippen LogP contribution in [0.5, 0.6) is 0 Å². The Kier molecular flexibility index (Phi) is 5.80. The van der Waals surface area contributed by atoms with Crippen LogP contribution in [0.4, 0.5) is 13.2 Å². The van der Waals surface area contributed by atoms with E-state index in [0.29, 0.717) is 18.7 Å². The van der Waals surface area contributed by atoms with Crippen LogP contribution in [0.25, 0.3) is 0 Å². The Morgan fingerprint density at radius 1 is 1.04 bits per heavy atom. The largest absolute Gasteiger partial charge is 0.416 e. The van der Waals surface area contributed by atoms with Crippen LogP contribution in [0.1, 0.15) is 22.8 Å². The number of likely N-dealkylation sites (N-methyl/N-ethyl adjacent to an activating group) is 1. The van der Waals surface area contributed by atoms with Gasteiger partial charge in [-0.05, 0) is 30.3 Å². The van der Waals surface area contributed by atoms with Crippen LogP contribution in [0, 0.1) is 0 Å². The zero-order valence-corrected chi connectivity index (χ0v) is 13.2. The SMILES string of the molecule is COC(CN(C)Cc1ccccc1)c1cccc(C(F)(F)F)c1. The second kappa shape index (κ2) is 7.62. The van der Waals surface area contributed by atoms with Gasteiger partial charge in [-0.3, -0.25) is 4.90 Å². The number of alkyl halides is 3. The van der Waals surface area contributed by atoms with Crippen LogP contribution in [-0.4, -0.2) is 25.6 Å². The van der Waals surface area contributed by atoms with Gasteiger partial charge in [-0.1, -0.05) is 42.5 Å². The molecule has 0 fully saturated rings. The fourth-order valence-corrected chi connectivity index (χ4v) is 2.47. The Morgan fingerprint density at radius 3 is 2.35 bits per heavy atom. The molecule has 0 N–H and O–H groups in total. The number of benzene rings is 2. The molecule has 0 aliphatic heterocycles. The van der Waals surface area contributed by atoms with Crippen molar-refractivity contribution in [3.05, 3.63) is 71.3 Å². The molecule has 2 aromatic rings. The summed E-state index contributed by atoms with van der Waals surface area (Å²) in [5.74, 6) is 0. The normalized spacial score (nSPS) is 13.3. The predicted molar refractivity (Wildman–Crippen MR) is 84.0 cm³/mol. The number of hydrogen-bond donors (Lipinski definition) is 0. The maximum Gasteiger partial charge on any atom is 0.416 e. The molecule has 0 spiro atoms. The molecule has 0 bridgehead atoms. The zero-order chi connectivity index (χ0) is 16.9. The van der Waals surface area contributed by atoms with Gasteiger partial charge < -0.3 is 4.74 Å². The Morgan fingerprint density at radius 2 is 1.74 bits per heavy atom. The van der Waals surface area contributed by atoms with E-state index in [9.17, 15) is 13.2 Å². The van der Waals surface area contributed by atoms with Crippen molar-refractivity contribution in [2.24, 2.45) is 0 Å². The molecule has 0 aromatic heterocycles. The van der Waals surface area contributed by atoms with Crippen molar-refractivity contribution in [1.29, 1.82) is 0 Å². The molecular formula is C18H20F3NO. The van der Waals surface area contributed by atoms with Crippen LogP contribution in [0.2, 0.25) is 0 Å². The Labute approximate surface area is 134 Å². The Balaban J connectivity index is 2.08. The van der Waals surface area contributed by atoms with E-state index in [1.165, 1.54) is 13.2 Å². The standard InChI is InChI=1S/C18H20F3NO/c1-22(12-14-7-4-3-5-8-14)13-17(23-2)15-9-6-10-16(11-15)18(19,20)21/h3-11,17H,12-13H2,1-2H3. The second-order valence-electron chi connectivity index (χ2n) is 5.53. The van der Waals surface area contributed by atoms with E-state index in [1.54, 1.807) is 6.07 Å². The van der Waals surface area contributed by atoms with Gasteiger partial charge in [0.25, 0.3) is 0 Å². The van der Waals surface area contributed by atoms with E-state index in [4.69, 9.17) is 4.74 Å². The second-order valence-corrected chi connectivity index (χ2v) is 5.53. The van der Waals surface area contributed by atoms with E-state index in [1.807, 2.05) is 42.3 Å². The summed E-state index contributed by atoms with van der Waals surface area (Å²) in [6.07, 6.45) is -4.75. The zero-order valence-electron chi connectivity index (χ0n) is 13.2. The molecule has 23 heavy (non-hydrogen) atoms. The molecule has 0 amide bonds. The Bertz CT molecular complexity index is 613. The molecule has 0 radical (unpaired) electrons. The smallest absolute Gasteiger partial charge is 0.375 e. The minimum atomic E-state index is -4.34. The van der Waals surface area contributed by atoms with Crippen molar-refractivity contribution in [2.75, 3.05) is 20.7 Å². The van der Waals surface area contributed by atoms with Gasteiger partial charge in [0.15, 0.2) is 0 Å². The monoisotopic (exact) mass is 323 g/mol. The van der Waals surface area contributed by atoms with Gasteiger partial charge in [-0.2, -0.15) is 13.2 Å². The number of ether oxygens (including phenoxy) is 1. The highest BCUT2D eigenvalue weighted by molar-refractivity contribution is 5.27. The summed E-state index contributed by atoms with van der Waals surface area (Å²) < 4.78 is 43.9. The third kappa shape index (κ3) is 5.08. The molecule has 2 nitrogen and oxygen atoms in total. The molecule has 0 saturated heterocycles. The van der Waals surface area contributed by atoms with Gasteiger partial charge >= 0.3 is 6.18 Å². The molecule has 0 aliphatic carbocycles. The summed E-state index contributed by atoms with van der Waals surface area (Å²) in [6, 6.07) is 15.2. The summed E-state index contributed by atoms with van der Waals surface area (Å²) in [5.41, 5.74) is 1.03. The van der Waals surface area contributed by atoms with Crippen molar-refractivity contribution in [2.45, 2.75) is 18.8 Å². The molecule has 2 aromatic carbocycles. The first-order valence-corrected chi connectivity index (χ1v) is 7.32. The minimum Gasteiger partial charge on any atom is -0.375 e. The fraction of sp³-hybridized carbons (Fsp3) is 0.333. The Hall–Kier alpha value is -1.85. The number of methoxy groups -OCH3 is 1. The molecule has 2 rings (SSSR count). The molecule has 0 aliphatic rings. The van der Waals surface area contributed by atoms with Gasteiger partial charge in [0.05, 0.1) is 11.7 Å². The fourth-order valence-electron chi connectivity index (χ4n) is 2.47. The van der Waals surface area contributed by atoms with Crippen molar-refractivity contribution >= 4 is 0 Å². The summed E-state index contributed by atoms with van der Waals surface area (Å²) in [4.78, 5) is 2.03. The van der Waals surface area contributed by atoms with Crippen LogP contribution < -0.4 is 0 Å². The summed E-state index contributed by atoms with van der Waals surface area (Å²) in [6.45, 7) is 1.21. The van der Waals surface area contributed by atoms with Crippen LogP contribution in [0.15, 0.2) is 54.6 Å². The van der Waals surface area contributed by atoms with Crippen LogP contribution in [0.3, 0.4) is 0 Å². The molecular weight excluding hydrogens is 303 g/mol. The lowest BCUT2D eigenvalue weighted by Gasteiger charge is -2.24. The van der Waals surface area contributed by atoms with Crippen molar-refractivity contribution in [3.8, 4) is 0 Å². The average molecular weight is 323 g/mol. The first-order valence-electron chi connectivity index (χ1n) is 7.32.